The molecule has 0 atom stereocenters. The molecule has 0 fully saturated rings. The minimum Gasteiger partial charge on any atom is -0.302 e. The first-order chi connectivity index (χ1) is 14.7. The van der Waals surface area contributed by atoms with Crippen LogP contribution >= 0.6 is 0 Å². The Morgan fingerprint density at radius 3 is 1.80 bits per heavy atom. The molecule has 1 aromatic carbocycles. The number of benzene rings is 1. The predicted octanol–water partition coefficient (Wildman–Crippen LogP) is 7.40. The molecule has 164 valence electrons. The first-order valence-electron chi connectivity index (χ1n) is 12.0. The van der Waals surface area contributed by atoms with Crippen LogP contribution in [-0.4, -0.2) is 35.0 Å². The summed E-state index contributed by atoms with van der Waals surface area (Å²) in [6.45, 7) is 6.72. The van der Waals surface area contributed by atoms with Crippen LogP contribution in [0.15, 0.2) is 48.8 Å². The SMILES string of the molecule is CCCCCCCCCCC.CN1CC=C(c2ccc(-c3ncccn3)cc2)CC1. The maximum atomic E-state index is 4.27. The van der Waals surface area contributed by atoms with Crippen LogP contribution in [0.25, 0.3) is 17.0 Å². The van der Waals surface area contributed by atoms with E-state index in [1.165, 1.54) is 68.9 Å². The number of rotatable bonds is 10. The van der Waals surface area contributed by atoms with Gasteiger partial charge in [-0.2, -0.15) is 0 Å². The van der Waals surface area contributed by atoms with E-state index in [1.54, 1.807) is 12.4 Å². The highest BCUT2D eigenvalue weighted by Gasteiger charge is 2.09. The molecule has 0 spiro atoms. The Morgan fingerprint density at radius 2 is 1.30 bits per heavy atom. The average Bonchev–Trinajstić information content (AvgIpc) is 2.80. The number of hydrogen-bond acceptors (Lipinski definition) is 3. The molecule has 30 heavy (non-hydrogen) atoms. The Bertz CT molecular complexity index is 699. The molecule has 0 saturated heterocycles. The second-order valence-corrected chi connectivity index (χ2v) is 8.37. The lowest BCUT2D eigenvalue weighted by Crippen LogP contribution is -2.23. The predicted molar refractivity (Wildman–Crippen MR) is 130 cm³/mol. The molecule has 0 aliphatic carbocycles. The fourth-order valence-electron chi connectivity index (χ4n) is 3.70. The highest BCUT2D eigenvalue weighted by atomic mass is 15.1. The van der Waals surface area contributed by atoms with E-state index < -0.39 is 0 Å². The monoisotopic (exact) mass is 407 g/mol. The molecule has 1 aliphatic rings. The van der Waals surface area contributed by atoms with Crippen molar-refractivity contribution in [2.24, 2.45) is 0 Å². The summed E-state index contributed by atoms with van der Waals surface area (Å²) in [6, 6.07) is 10.4. The maximum absolute atomic E-state index is 4.27. The molecule has 2 aromatic rings. The van der Waals surface area contributed by atoms with Gasteiger partial charge in [-0.05, 0) is 30.7 Å². The summed E-state index contributed by atoms with van der Waals surface area (Å²) in [7, 11) is 2.16. The van der Waals surface area contributed by atoms with E-state index >= 15 is 0 Å². The third-order valence-corrected chi connectivity index (χ3v) is 5.70. The van der Waals surface area contributed by atoms with Gasteiger partial charge in [0, 0.05) is 31.0 Å². The number of unbranched alkanes of at least 4 members (excludes halogenated alkanes) is 8. The Morgan fingerprint density at radius 1 is 0.767 bits per heavy atom. The van der Waals surface area contributed by atoms with Crippen LogP contribution in [0.3, 0.4) is 0 Å². The summed E-state index contributed by atoms with van der Waals surface area (Å²) < 4.78 is 0. The molecule has 0 saturated carbocycles. The van der Waals surface area contributed by atoms with Gasteiger partial charge in [0.2, 0.25) is 0 Å². The highest BCUT2D eigenvalue weighted by molar-refractivity contribution is 5.69. The number of hydrogen-bond donors (Lipinski definition) is 0. The van der Waals surface area contributed by atoms with Crippen LogP contribution in [0.1, 0.15) is 83.6 Å². The smallest absolute Gasteiger partial charge is 0.159 e. The van der Waals surface area contributed by atoms with Gasteiger partial charge in [-0.15, -0.1) is 0 Å². The maximum Gasteiger partial charge on any atom is 0.159 e. The Kier molecular flexibility index (Phi) is 12.1. The number of likely N-dealkylation sites (N-methyl/N-ethyl adjacent to an activating group) is 1. The van der Waals surface area contributed by atoms with Crippen LogP contribution < -0.4 is 0 Å². The van der Waals surface area contributed by atoms with E-state index in [2.05, 4.69) is 66.1 Å². The average molecular weight is 408 g/mol. The van der Waals surface area contributed by atoms with E-state index in [1.807, 2.05) is 6.07 Å². The zero-order valence-electron chi connectivity index (χ0n) is 19.4. The highest BCUT2D eigenvalue weighted by Crippen LogP contribution is 2.24. The molecule has 3 rings (SSSR count). The zero-order valence-corrected chi connectivity index (χ0v) is 19.4. The topological polar surface area (TPSA) is 29.0 Å². The standard InChI is InChI=1S/C16H17N3.C11H24/c1-19-11-7-14(8-12-19)13-3-5-15(6-4-13)16-17-9-2-10-18-16;1-3-5-7-9-11-10-8-6-4-2/h2-7,9-10H,8,11-12H2,1H3;3-11H2,1-2H3. The number of nitrogens with zero attached hydrogens (tertiary/aromatic N) is 3. The lowest BCUT2D eigenvalue weighted by molar-refractivity contribution is 0.370. The molecule has 0 unspecified atom stereocenters. The van der Waals surface area contributed by atoms with E-state index in [9.17, 15) is 0 Å². The van der Waals surface area contributed by atoms with Gasteiger partial charge in [0.1, 0.15) is 0 Å². The minimum atomic E-state index is 0.784. The van der Waals surface area contributed by atoms with Crippen LogP contribution in [0.4, 0.5) is 0 Å². The van der Waals surface area contributed by atoms with Gasteiger partial charge in [0.05, 0.1) is 0 Å². The minimum absolute atomic E-state index is 0.784. The summed E-state index contributed by atoms with van der Waals surface area (Å²) in [4.78, 5) is 10.9. The lowest BCUT2D eigenvalue weighted by Gasteiger charge is -2.22. The van der Waals surface area contributed by atoms with Crippen molar-refractivity contribution in [3.05, 3.63) is 54.4 Å². The summed E-state index contributed by atoms with van der Waals surface area (Å²) >= 11 is 0. The fraction of sp³-hybridized carbons (Fsp3) is 0.556. The second kappa shape index (κ2) is 14.9. The van der Waals surface area contributed by atoms with Crippen molar-refractivity contribution in [3.63, 3.8) is 0 Å². The van der Waals surface area contributed by atoms with Crippen LogP contribution in [0.5, 0.6) is 0 Å². The van der Waals surface area contributed by atoms with Crippen molar-refractivity contribution >= 4 is 5.57 Å². The van der Waals surface area contributed by atoms with Crippen molar-refractivity contribution in [2.75, 3.05) is 20.1 Å². The molecular formula is C27H41N3. The summed E-state index contributed by atoms with van der Waals surface area (Å²) in [6.07, 6.45) is 19.9. The molecule has 0 amide bonds. The molecule has 0 radical (unpaired) electrons. The van der Waals surface area contributed by atoms with Gasteiger partial charge in [0.15, 0.2) is 5.82 Å². The summed E-state index contributed by atoms with van der Waals surface area (Å²) in [5.74, 6) is 0.784. The molecular weight excluding hydrogens is 366 g/mol. The van der Waals surface area contributed by atoms with Crippen LogP contribution in [0, 0.1) is 0 Å². The van der Waals surface area contributed by atoms with Gasteiger partial charge in [-0.3, -0.25) is 0 Å². The number of aromatic nitrogens is 2. The van der Waals surface area contributed by atoms with E-state index in [4.69, 9.17) is 0 Å². The van der Waals surface area contributed by atoms with Gasteiger partial charge >= 0.3 is 0 Å². The van der Waals surface area contributed by atoms with Crippen molar-refractivity contribution in [2.45, 2.75) is 78.1 Å². The molecule has 2 heterocycles. The first-order valence-corrected chi connectivity index (χ1v) is 12.0. The Labute approximate surface area is 184 Å². The zero-order chi connectivity index (χ0) is 21.4. The van der Waals surface area contributed by atoms with Crippen molar-refractivity contribution in [1.29, 1.82) is 0 Å². The molecule has 3 nitrogen and oxygen atoms in total. The van der Waals surface area contributed by atoms with Crippen molar-refractivity contribution < 1.29 is 0 Å². The Hall–Kier alpha value is -2.00. The van der Waals surface area contributed by atoms with Crippen LogP contribution in [-0.2, 0) is 0 Å². The van der Waals surface area contributed by atoms with E-state index in [0.717, 1.165) is 30.9 Å². The first kappa shape index (κ1) is 24.3. The van der Waals surface area contributed by atoms with Crippen LogP contribution in [0.2, 0.25) is 0 Å². The molecule has 1 aromatic heterocycles. The largest absolute Gasteiger partial charge is 0.302 e. The van der Waals surface area contributed by atoms with Gasteiger partial charge in [0.25, 0.3) is 0 Å². The van der Waals surface area contributed by atoms with E-state index in [-0.39, 0.29) is 0 Å². The summed E-state index contributed by atoms with van der Waals surface area (Å²) in [5, 5.41) is 0. The van der Waals surface area contributed by atoms with Crippen molar-refractivity contribution in [1.82, 2.24) is 14.9 Å². The van der Waals surface area contributed by atoms with Crippen molar-refractivity contribution in [3.8, 4) is 11.4 Å². The molecule has 0 N–H and O–H groups in total. The van der Waals surface area contributed by atoms with E-state index in [0.29, 0.717) is 0 Å². The Balaban J connectivity index is 0.000000252. The molecule has 3 heteroatoms. The van der Waals surface area contributed by atoms with Gasteiger partial charge in [-0.25, -0.2) is 9.97 Å². The second-order valence-electron chi connectivity index (χ2n) is 8.37. The quantitative estimate of drug-likeness (QED) is 0.384. The molecule has 1 aliphatic heterocycles. The lowest BCUT2D eigenvalue weighted by atomic mass is 9.98. The van der Waals surface area contributed by atoms with Gasteiger partial charge < -0.3 is 4.90 Å². The van der Waals surface area contributed by atoms with Gasteiger partial charge in [-0.1, -0.05) is 102 Å². The fourth-order valence-corrected chi connectivity index (χ4v) is 3.70. The normalized spacial score (nSPS) is 14.0. The summed E-state index contributed by atoms with van der Waals surface area (Å²) in [5.41, 5.74) is 3.82. The third kappa shape index (κ3) is 9.21. The third-order valence-electron chi connectivity index (χ3n) is 5.70. The molecule has 0 bridgehead atoms.